The molecule has 0 fully saturated rings. The van der Waals surface area contributed by atoms with Gasteiger partial charge in [-0.1, -0.05) is 25.4 Å². The Morgan fingerprint density at radius 2 is 2.00 bits per heavy atom. The predicted octanol–water partition coefficient (Wildman–Crippen LogP) is 2.90. The van der Waals surface area contributed by atoms with Crippen LogP contribution in [0.1, 0.15) is 39.3 Å². The highest BCUT2D eigenvalue weighted by Crippen LogP contribution is 2.28. The van der Waals surface area contributed by atoms with E-state index in [4.69, 9.17) is 22.1 Å². The molecule has 0 saturated carbocycles. The lowest BCUT2D eigenvalue weighted by molar-refractivity contribution is -0.127. The Morgan fingerprint density at radius 3 is 2.55 bits per heavy atom. The highest BCUT2D eigenvalue weighted by molar-refractivity contribution is 6.30. The van der Waals surface area contributed by atoms with Crippen molar-refractivity contribution in [3.05, 3.63) is 28.8 Å². The van der Waals surface area contributed by atoms with E-state index in [1.807, 2.05) is 20.8 Å². The van der Waals surface area contributed by atoms with E-state index >= 15 is 0 Å². The summed E-state index contributed by atoms with van der Waals surface area (Å²) < 4.78 is 5.71. The lowest BCUT2D eigenvalue weighted by atomic mass is 10.1. The molecule has 3 N–H and O–H groups in total. The third-order valence-electron chi connectivity index (χ3n) is 2.82. The lowest BCUT2D eigenvalue weighted by Gasteiger charge is -2.19. The number of ether oxygens (including phenoxy) is 1. The van der Waals surface area contributed by atoms with E-state index in [9.17, 15) is 4.79 Å². The Labute approximate surface area is 125 Å². The Balaban J connectivity index is 2.75. The molecule has 1 amide bonds. The maximum atomic E-state index is 11.9. The van der Waals surface area contributed by atoms with E-state index in [0.29, 0.717) is 23.2 Å². The summed E-state index contributed by atoms with van der Waals surface area (Å²) in [5.41, 5.74) is 6.69. The molecule has 0 aliphatic rings. The highest BCUT2D eigenvalue weighted by Gasteiger charge is 2.17. The number of nitrogens with one attached hydrogen (secondary N) is 1. The van der Waals surface area contributed by atoms with Gasteiger partial charge >= 0.3 is 0 Å². The minimum atomic E-state index is -0.576. The summed E-state index contributed by atoms with van der Waals surface area (Å²) in [5.74, 6) is 0.863. The van der Waals surface area contributed by atoms with Crippen molar-refractivity contribution < 1.29 is 9.53 Å². The van der Waals surface area contributed by atoms with Crippen molar-refractivity contribution >= 4 is 17.5 Å². The fraction of sp³-hybridized carbons (Fsp3) is 0.533. The molecule has 0 bridgehead atoms. The van der Waals surface area contributed by atoms with E-state index < -0.39 is 6.10 Å². The van der Waals surface area contributed by atoms with E-state index in [2.05, 4.69) is 5.32 Å². The SMILES string of the molecule is CC(C)CNC(=O)C(C)Oc1ccc(Cl)cc1[C@H](C)N. The maximum Gasteiger partial charge on any atom is 0.260 e. The van der Waals surface area contributed by atoms with Crippen molar-refractivity contribution in [3.63, 3.8) is 0 Å². The summed E-state index contributed by atoms with van der Waals surface area (Å²) in [5, 5.41) is 3.44. The summed E-state index contributed by atoms with van der Waals surface area (Å²) in [4.78, 5) is 11.9. The van der Waals surface area contributed by atoms with Crippen LogP contribution in [0, 0.1) is 5.92 Å². The van der Waals surface area contributed by atoms with Crippen LogP contribution < -0.4 is 15.8 Å². The number of carbonyl (C=O) groups is 1. The van der Waals surface area contributed by atoms with Crippen LogP contribution >= 0.6 is 11.6 Å². The molecule has 0 spiro atoms. The van der Waals surface area contributed by atoms with Crippen LogP contribution in [0.3, 0.4) is 0 Å². The molecule has 0 saturated heterocycles. The van der Waals surface area contributed by atoms with Crippen molar-refractivity contribution in [1.29, 1.82) is 0 Å². The van der Waals surface area contributed by atoms with Crippen LogP contribution in [0.25, 0.3) is 0 Å². The number of benzene rings is 1. The molecule has 0 aromatic heterocycles. The summed E-state index contributed by atoms with van der Waals surface area (Å²) in [6.07, 6.45) is -0.576. The fourth-order valence-corrected chi connectivity index (χ4v) is 1.86. The predicted molar refractivity (Wildman–Crippen MR) is 82.0 cm³/mol. The zero-order valence-electron chi connectivity index (χ0n) is 12.4. The van der Waals surface area contributed by atoms with Gasteiger partial charge in [0.15, 0.2) is 6.10 Å². The summed E-state index contributed by atoms with van der Waals surface area (Å²) in [6.45, 7) is 8.28. The summed E-state index contributed by atoms with van der Waals surface area (Å²) in [6, 6.07) is 5.02. The van der Waals surface area contributed by atoms with E-state index in [0.717, 1.165) is 5.56 Å². The van der Waals surface area contributed by atoms with Gasteiger partial charge in [0.2, 0.25) is 0 Å². The lowest BCUT2D eigenvalue weighted by Crippen LogP contribution is -2.38. The molecule has 1 aromatic rings. The first-order valence-corrected chi connectivity index (χ1v) is 7.18. The van der Waals surface area contributed by atoms with Crippen LogP contribution in [0.2, 0.25) is 5.02 Å². The monoisotopic (exact) mass is 298 g/mol. The molecule has 1 unspecified atom stereocenters. The topological polar surface area (TPSA) is 64.3 Å². The molecule has 2 atom stereocenters. The van der Waals surface area contributed by atoms with Gasteiger partial charge in [-0.05, 0) is 38.0 Å². The normalized spacial score (nSPS) is 13.9. The fourth-order valence-electron chi connectivity index (χ4n) is 1.67. The first-order valence-electron chi connectivity index (χ1n) is 6.80. The number of hydrogen-bond acceptors (Lipinski definition) is 3. The molecule has 0 heterocycles. The van der Waals surface area contributed by atoms with Crippen LogP contribution in [-0.4, -0.2) is 18.6 Å². The number of halogens is 1. The van der Waals surface area contributed by atoms with Gasteiger partial charge < -0.3 is 15.8 Å². The zero-order chi connectivity index (χ0) is 15.3. The first-order chi connectivity index (χ1) is 9.31. The van der Waals surface area contributed by atoms with Gasteiger partial charge in [-0.25, -0.2) is 0 Å². The molecule has 0 aliphatic carbocycles. The van der Waals surface area contributed by atoms with Crippen LogP contribution in [0.5, 0.6) is 5.75 Å². The smallest absolute Gasteiger partial charge is 0.260 e. The molecule has 1 rings (SSSR count). The van der Waals surface area contributed by atoms with Crippen molar-refractivity contribution in [1.82, 2.24) is 5.32 Å². The highest BCUT2D eigenvalue weighted by atomic mass is 35.5. The zero-order valence-corrected chi connectivity index (χ0v) is 13.2. The first kappa shape index (κ1) is 16.8. The van der Waals surface area contributed by atoms with Gasteiger partial charge in [0.1, 0.15) is 5.75 Å². The van der Waals surface area contributed by atoms with Gasteiger partial charge in [0, 0.05) is 23.2 Å². The molecule has 5 heteroatoms. The van der Waals surface area contributed by atoms with E-state index in [1.54, 1.807) is 25.1 Å². The Morgan fingerprint density at radius 1 is 1.35 bits per heavy atom. The number of rotatable bonds is 6. The van der Waals surface area contributed by atoms with E-state index in [1.165, 1.54) is 0 Å². The molecular weight excluding hydrogens is 276 g/mol. The molecule has 4 nitrogen and oxygen atoms in total. The number of hydrogen-bond donors (Lipinski definition) is 2. The van der Waals surface area contributed by atoms with E-state index in [-0.39, 0.29) is 11.9 Å². The minimum absolute atomic E-state index is 0.135. The van der Waals surface area contributed by atoms with Crippen molar-refractivity contribution in [2.75, 3.05) is 6.54 Å². The van der Waals surface area contributed by atoms with Crippen molar-refractivity contribution in [3.8, 4) is 5.75 Å². The summed E-state index contributed by atoms with van der Waals surface area (Å²) in [7, 11) is 0. The third kappa shape index (κ3) is 5.02. The average molecular weight is 299 g/mol. The third-order valence-corrected chi connectivity index (χ3v) is 3.06. The van der Waals surface area contributed by atoms with Gasteiger partial charge in [0.05, 0.1) is 0 Å². The largest absolute Gasteiger partial charge is 0.481 e. The quantitative estimate of drug-likeness (QED) is 0.849. The molecule has 0 radical (unpaired) electrons. The van der Waals surface area contributed by atoms with Gasteiger partial charge in [-0.2, -0.15) is 0 Å². The summed E-state index contributed by atoms with van der Waals surface area (Å²) >= 11 is 5.95. The molecule has 112 valence electrons. The van der Waals surface area contributed by atoms with Crippen LogP contribution in [0.15, 0.2) is 18.2 Å². The molecule has 0 aliphatic heterocycles. The van der Waals surface area contributed by atoms with Gasteiger partial charge in [-0.15, -0.1) is 0 Å². The molecule has 20 heavy (non-hydrogen) atoms. The molecular formula is C15H23ClN2O2. The van der Waals surface area contributed by atoms with Crippen LogP contribution in [-0.2, 0) is 4.79 Å². The number of nitrogens with two attached hydrogens (primary N) is 1. The Bertz CT molecular complexity index is 461. The van der Waals surface area contributed by atoms with Crippen molar-refractivity contribution in [2.45, 2.75) is 39.8 Å². The second kappa shape index (κ2) is 7.50. The maximum absolute atomic E-state index is 11.9. The van der Waals surface area contributed by atoms with Crippen molar-refractivity contribution in [2.24, 2.45) is 11.7 Å². The molecule has 1 aromatic carbocycles. The standard InChI is InChI=1S/C15H23ClN2O2/c1-9(2)8-18-15(19)11(4)20-14-6-5-12(16)7-13(14)10(3)17/h5-7,9-11H,8,17H2,1-4H3,(H,18,19)/t10-,11?/m0/s1. The minimum Gasteiger partial charge on any atom is -0.481 e. The number of amides is 1. The average Bonchev–Trinajstić information content (AvgIpc) is 2.37. The van der Waals surface area contributed by atoms with Gasteiger partial charge in [-0.3, -0.25) is 4.79 Å². The van der Waals surface area contributed by atoms with Gasteiger partial charge in [0.25, 0.3) is 5.91 Å². The Hall–Kier alpha value is -1.26. The van der Waals surface area contributed by atoms with Crippen LogP contribution in [0.4, 0.5) is 0 Å². The second-order valence-corrected chi connectivity index (χ2v) is 5.81. The number of carbonyl (C=O) groups excluding carboxylic acids is 1. The second-order valence-electron chi connectivity index (χ2n) is 5.37. The Kier molecular flexibility index (Phi) is 6.30.